The minimum Gasteiger partial charge on any atom is -0.501 e. The molecule has 2 rings (SSSR count). The standard InChI is InChI=1S/C16H29NO/c1-4-10-17-15(13-7-6-11-18-12-13)14-8-5-9-16(14,2)3/h12,14-15,17H,4-11H2,1-3H3. The Balaban J connectivity index is 2.11. The van der Waals surface area contributed by atoms with E-state index >= 15 is 0 Å². The van der Waals surface area contributed by atoms with Gasteiger partial charge in [-0.15, -0.1) is 0 Å². The molecule has 2 unspecified atom stereocenters. The van der Waals surface area contributed by atoms with Crippen LogP contribution < -0.4 is 5.32 Å². The fraction of sp³-hybridized carbons (Fsp3) is 0.875. The molecule has 0 spiro atoms. The number of hydrogen-bond acceptors (Lipinski definition) is 2. The van der Waals surface area contributed by atoms with E-state index in [1.165, 1.54) is 44.1 Å². The van der Waals surface area contributed by atoms with E-state index in [9.17, 15) is 0 Å². The second-order valence-corrected chi connectivity index (χ2v) is 6.59. The molecule has 0 aromatic heterocycles. The quantitative estimate of drug-likeness (QED) is 0.800. The van der Waals surface area contributed by atoms with Crippen molar-refractivity contribution in [2.45, 2.75) is 65.3 Å². The lowest BCUT2D eigenvalue weighted by molar-refractivity contribution is 0.184. The van der Waals surface area contributed by atoms with E-state index in [0.29, 0.717) is 11.5 Å². The SMILES string of the molecule is CCCNC(C1=COCCC1)C1CCCC1(C)C. The minimum absolute atomic E-state index is 0.476. The molecule has 0 saturated heterocycles. The molecule has 0 aromatic carbocycles. The lowest BCUT2D eigenvalue weighted by Crippen LogP contribution is -2.43. The Morgan fingerprint density at radius 2 is 2.28 bits per heavy atom. The van der Waals surface area contributed by atoms with Gasteiger partial charge in [-0.25, -0.2) is 0 Å². The van der Waals surface area contributed by atoms with Crippen LogP contribution in [0.2, 0.25) is 0 Å². The summed E-state index contributed by atoms with van der Waals surface area (Å²) in [4.78, 5) is 0. The van der Waals surface area contributed by atoms with Gasteiger partial charge in [0.25, 0.3) is 0 Å². The summed E-state index contributed by atoms with van der Waals surface area (Å²) >= 11 is 0. The van der Waals surface area contributed by atoms with Crippen LogP contribution in [0.5, 0.6) is 0 Å². The molecule has 2 heteroatoms. The Morgan fingerprint density at radius 1 is 1.44 bits per heavy atom. The summed E-state index contributed by atoms with van der Waals surface area (Å²) in [6.45, 7) is 9.15. The monoisotopic (exact) mass is 251 g/mol. The molecule has 2 nitrogen and oxygen atoms in total. The Morgan fingerprint density at radius 3 is 2.83 bits per heavy atom. The smallest absolute Gasteiger partial charge is 0.0876 e. The van der Waals surface area contributed by atoms with Crippen molar-refractivity contribution < 1.29 is 4.74 Å². The van der Waals surface area contributed by atoms with E-state index in [4.69, 9.17) is 4.74 Å². The lowest BCUT2D eigenvalue weighted by atomic mass is 9.74. The highest BCUT2D eigenvalue weighted by Crippen LogP contribution is 2.46. The van der Waals surface area contributed by atoms with Gasteiger partial charge in [-0.05, 0) is 55.6 Å². The van der Waals surface area contributed by atoms with E-state index < -0.39 is 0 Å². The molecule has 1 N–H and O–H groups in total. The van der Waals surface area contributed by atoms with Crippen LogP contribution in [0.4, 0.5) is 0 Å². The van der Waals surface area contributed by atoms with Gasteiger partial charge in [-0.3, -0.25) is 0 Å². The summed E-state index contributed by atoms with van der Waals surface area (Å²) in [5, 5.41) is 3.79. The number of rotatable bonds is 5. The van der Waals surface area contributed by atoms with Crippen LogP contribution in [0.3, 0.4) is 0 Å². The van der Waals surface area contributed by atoms with Gasteiger partial charge < -0.3 is 10.1 Å². The van der Waals surface area contributed by atoms with Crippen LogP contribution in [0.1, 0.15) is 59.3 Å². The van der Waals surface area contributed by atoms with Crippen molar-refractivity contribution in [3.8, 4) is 0 Å². The highest BCUT2D eigenvalue weighted by atomic mass is 16.5. The van der Waals surface area contributed by atoms with Crippen molar-refractivity contribution in [2.24, 2.45) is 11.3 Å². The first kappa shape index (κ1) is 13.9. The van der Waals surface area contributed by atoms with E-state index in [2.05, 4.69) is 26.1 Å². The predicted molar refractivity (Wildman–Crippen MR) is 76.5 cm³/mol. The summed E-state index contributed by atoms with van der Waals surface area (Å²) in [5.41, 5.74) is 1.98. The molecule has 18 heavy (non-hydrogen) atoms. The zero-order valence-electron chi connectivity index (χ0n) is 12.3. The first-order valence-electron chi connectivity index (χ1n) is 7.69. The molecule has 0 amide bonds. The Kier molecular flexibility index (Phi) is 4.71. The summed E-state index contributed by atoms with van der Waals surface area (Å²) in [7, 11) is 0. The highest BCUT2D eigenvalue weighted by molar-refractivity contribution is 5.14. The molecular formula is C16H29NO. The Labute approximate surface area is 112 Å². The molecule has 1 aliphatic heterocycles. The zero-order valence-corrected chi connectivity index (χ0v) is 12.3. The molecule has 1 heterocycles. The topological polar surface area (TPSA) is 21.3 Å². The van der Waals surface area contributed by atoms with Gasteiger partial charge in [0, 0.05) is 6.04 Å². The Hall–Kier alpha value is -0.500. The largest absolute Gasteiger partial charge is 0.501 e. The molecule has 1 aliphatic carbocycles. The maximum absolute atomic E-state index is 5.57. The van der Waals surface area contributed by atoms with Crippen LogP contribution in [0, 0.1) is 11.3 Å². The summed E-state index contributed by atoms with van der Waals surface area (Å²) in [6.07, 6.45) is 9.78. The maximum atomic E-state index is 5.57. The normalized spacial score (nSPS) is 28.6. The first-order valence-corrected chi connectivity index (χ1v) is 7.69. The third-order valence-corrected chi connectivity index (χ3v) is 4.72. The van der Waals surface area contributed by atoms with Gasteiger partial charge in [0.15, 0.2) is 0 Å². The van der Waals surface area contributed by atoms with Crippen LogP contribution in [-0.4, -0.2) is 19.2 Å². The Bertz CT molecular complexity index is 295. The minimum atomic E-state index is 0.476. The number of ether oxygens (including phenoxy) is 1. The van der Waals surface area contributed by atoms with Crippen molar-refractivity contribution in [1.29, 1.82) is 0 Å². The molecule has 2 aliphatic rings. The molecular weight excluding hydrogens is 222 g/mol. The average Bonchev–Trinajstić information content (AvgIpc) is 2.71. The molecule has 1 saturated carbocycles. The van der Waals surface area contributed by atoms with Gasteiger partial charge in [0.1, 0.15) is 0 Å². The molecule has 1 fully saturated rings. The van der Waals surface area contributed by atoms with E-state index in [1.807, 2.05) is 6.26 Å². The van der Waals surface area contributed by atoms with Gasteiger partial charge in [0.05, 0.1) is 12.9 Å². The van der Waals surface area contributed by atoms with Crippen molar-refractivity contribution in [2.75, 3.05) is 13.2 Å². The predicted octanol–water partition coefficient (Wildman–Crippen LogP) is 3.88. The van der Waals surface area contributed by atoms with E-state index in [0.717, 1.165) is 19.1 Å². The maximum Gasteiger partial charge on any atom is 0.0876 e. The molecule has 0 radical (unpaired) electrons. The van der Waals surface area contributed by atoms with Crippen LogP contribution in [0.25, 0.3) is 0 Å². The van der Waals surface area contributed by atoms with Crippen molar-refractivity contribution in [1.82, 2.24) is 5.32 Å². The zero-order chi connectivity index (χ0) is 13.0. The lowest BCUT2D eigenvalue weighted by Gasteiger charge is -2.37. The number of nitrogens with one attached hydrogen (secondary N) is 1. The van der Waals surface area contributed by atoms with Crippen LogP contribution >= 0.6 is 0 Å². The van der Waals surface area contributed by atoms with E-state index in [1.54, 1.807) is 0 Å². The van der Waals surface area contributed by atoms with Crippen LogP contribution in [-0.2, 0) is 4.74 Å². The van der Waals surface area contributed by atoms with Gasteiger partial charge in [-0.1, -0.05) is 27.2 Å². The van der Waals surface area contributed by atoms with Gasteiger partial charge in [-0.2, -0.15) is 0 Å². The van der Waals surface area contributed by atoms with Crippen molar-refractivity contribution in [3.05, 3.63) is 11.8 Å². The average molecular weight is 251 g/mol. The fourth-order valence-corrected chi connectivity index (χ4v) is 3.62. The van der Waals surface area contributed by atoms with Crippen molar-refractivity contribution in [3.63, 3.8) is 0 Å². The molecule has 0 bridgehead atoms. The highest BCUT2D eigenvalue weighted by Gasteiger charge is 2.40. The summed E-state index contributed by atoms with van der Waals surface area (Å²) in [5.74, 6) is 0.775. The molecule has 2 atom stereocenters. The fourth-order valence-electron chi connectivity index (χ4n) is 3.62. The molecule has 104 valence electrons. The van der Waals surface area contributed by atoms with Gasteiger partial charge >= 0.3 is 0 Å². The third kappa shape index (κ3) is 3.09. The first-order chi connectivity index (χ1) is 8.65. The molecule has 0 aromatic rings. The second-order valence-electron chi connectivity index (χ2n) is 6.59. The summed E-state index contributed by atoms with van der Waals surface area (Å²) in [6, 6.07) is 0.544. The van der Waals surface area contributed by atoms with Crippen molar-refractivity contribution >= 4 is 0 Å². The summed E-state index contributed by atoms with van der Waals surface area (Å²) < 4.78 is 5.57. The van der Waals surface area contributed by atoms with Crippen LogP contribution in [0.15, 0.2) is 11.8 Å². The number of hydrogen-bond donors (Lipinski definition) is 1. The third-order valence-electron chi connectivity index (χ3n) is 4.72. The van der Waals surface area contributed by atoms with Gasteiger partial charge in [0.2, 0.25) is 0 Å². The second kappa shape index (κ2) is 6.10. The van der Waals surface area contributed by atoms with E-state index in [-0.39, 0.29) is 0 Å².